The number of H-pyrrole nitrogens is 1. The van der Waals surface area contributed by atoms with Crippen LogP contribution < -0.4 is 11.0 Å². The molecule has 0 aliphatic heterocycles. The highest BCUT2D eigenvalue weighted by Gasteiger charge is 2.13. The summed E-state index contributed by atoms with van der Waals surface area (Å²) in [5.41, 5.74) is 3.47. The SMILES string of the molecule is C/C(=N\NC(=O)c1n[nH]c(=O)c2ccccc12)c1ccccc1Cl. The molecule has 0 saturated heterocycles. The zero-order valence-corrected chi connectivity index (χ0v) is 13.5. The average molecular weight is 341 g/mol. The molecule has 24 heavy (non-hydrogen) atoms. The lowest BCUT2D eigenvalue weighted by atomic mass is 10.1. The van der Waals surface area contributed by atoms with Crippen molar-refractivity contribution in [3.8, 4) is 0 Å². The molecule has 1 heterocycles. The quantitative estimate of drug-likeness (QED) is 0.567. The molecule has 0 bridgehead atoms. The van der Waals surface area contributed by atoms with Crippen molar-refractivity contribution in [2.75, 3.05) is 0 Å². The van der Waals surface area contributed by atoms with Crippen LogP contribution in [0.3, 0.4) is 0 Å². The number of amides is 1. The number of halogens is 1. The summed E-state index contributed by atoms with van der Waals surface area (Å²) in [5.74, 6) is -0.520. The lowest BCUT2D eigenvalue weighted by Crippen LogP contribution is -2.23. The van der Waals surface area contributed by atoms with Crippen LogP contribution in [0.15, 0.2) is 58.4 Å². The van der Waals surface area contributed by atoms with Gasteiger partial charge in [0.2, 0.25) is 0 Å². The fraction of sp³-hybridized carbons (Fsp3) is 0.0588. The average Bonchev–Trinajstić information content (AvgIpc) is 2.60. The van der Waals surface area contributed by atoms with E-state index in [9.17, 15) is 9.59 Å². The molecule has 0 radical (unpaired) electrons. The fourth-order valence-corrected chi connectivity index (χ4v) is 2.56. The van der Waals surface area contributed by atoms with E-state index in [2.05, 4.69) is 20.7 Å². The second-order valence-corrected chi connectivity index (χ2v) is 5.47. The first-order valence-corrected chi connectivity index (χ1v) is 7.52. The summed E-state index contributed by atoms with van der Waals surface area (Å²) >= 11 is 6.10. The van der Waals surface area contributed by atoms with Crippen molar-refractivity contribution in [3.05, 3.63) is 75.2 Å². The van der Waals surface area contributed by atoms with Crippen LogP contribution in [-0.2, 0) is 0 Å². The lowest BCUT2D eigenvalue weighted by molar-refractivity contribution is 0.0950. The van der Waals surface area contributed by atoms with Crippen molar-refractivity contribution in [1.29, 1.82) is 0 Å². The number of hydrazone groups is 1. The zero-order chi connectivity index (χ0) is 17.1. The number of carbonyl (C=O) groups is 1. The summed E-state index contributed by atoms with van der Waals surface area (Å²) in [7, 11) is 0. The second kappa shape index (κ2) is 6.64. The van der Waals surface area contributed by atoms with E-state index in [-0.39, 0.29) is 11.3 Å². The Morgan fingerprint density at radius 3 is 2.54 bits per heavy atom. The van der Waals surface area contributed by atoms with E-state index < -0.39 is 5.91 Å². The van der Waals surface area contributed by atoms with Crippen LogP contribution >= 0.6 is 11.6 Å². The van der Waals surface area contributed by atoms with E-state index in [0.717, 1.165) is 5.56 Å². The smallest absolute Gasteiger partial charge is 0.267 e. The minimum absolute atomic E-state index is 0.0981. The Labute approximate surface area is 142 Å². The van der Waals surface area contributed by atoms with E-state index in [1.54, 1.807) is 43.3 Å². The molecule has 2 aromatic carbocycles. The molecule has 0 aliphatic rings. The maximum absolute atomic E-state index is 12.4. The van der Waals surface area contributed by atoms with Gasteiger partial charge in [0.05, 0.1) is 11.1 Å². The highest BCUT2D eigenvalue weighted by Crippen LogP contribution is 2.16. The number of benzene rings is 2. The van der Waals surface area contributed by atoms with Crippen molar-refractivity contribution in [2.45, 2.75) is 6.92 Å². The molecule has 0 saturated carbocycles. The van der Waals surface area contributed by atoms with Crippen LogP contribution in [0.25, 0.3) is 10.8 Å². The van der Waals surface area contributed by atoms with Gasteiger partial charge < -0.3 is 0 Å². The summed E-state index contributed by atoms with van der Waals surface area (Å²) in [6.07, 6.45) is 0. The van der Waals surface area contributed by atoms with Crippen molar-refractivity contribution < 1.29 is 4.79 Å². The molecular formula is C17H13ClN4O2. The Morgan fingerprint density at radius 1 is 1.12 bits per heavy atom. The molecule has 0 atom stereocenters. The van der Waals surface area contributed by atoms with E-state index in [1.807, 2.05) is 12.1 Å². The molecule has 0 fully saturated rings. The largest absolute Gasteiger partial charge is 0.292 e. The molecule has 6 nitrogen and oxygen atoms in total. The zero-order valence-electron chi connectivity index (χ0n) is 12.7. The predicted octanol–water partition coefficient (Wildman–Crippen LogP) is 2.73. The topological polar surface area (TPSA) is 87.2 Å². The Kier molecular flexibility index (Phi) is 4.39. The summed E-state index contributed by atoms with van der Waals surface area (Å²) in [5, 5.41) is 11.6. The van der Waals surface area contributed by atoms with Crippen molar-refractivity contribution in [3.63, 3.8) is 0 Å². The summed E-state index contributed by atoms with van der Waals surface area (Å²) in [6.45, 7) is 1.74. The van der Waals surface area contributed by atoms with Gasteiger partial charge in [0.15, 0.2) is 5.69 Å². The molecule has 120 valence electrons. The number of aromatic nitrogens is 2. The van der Waals surface area contributed by atoms with Gasteiger partial charge in [-0.2, -0.15) is 10.2 Å². The number of hydrogen-bond donors (Lipinski definition) is 2. The van der Waals surface area contributed by atoms with Crippen LogP contribution in [0.2, 0.25) is 5.02 Å². The van der Waals surface area contributed by atoms with Crippen LogP contribution in [0, 0.1) is 0 Å². The van der Waals surface area contributed by atoms with Gasteiger partial charge >= 0.3 is 0 Å². The van der Waals surface area contributed by atoms with Crippen LogP contribution in [-0.4, -0.2) is 21.8 Å². The second-order valence-electron chi connectivity index (χ2n) is 5.06. The van der Waals surface area contributed by atoms with Crippen molar-refractivity contribution in [1.82, 2.24) is 15.6 Å². The molecule has 2 N–H and O–H groups in total. The standard InChI is InChI=1S/C17H13ClN4O2/c1-10(11-6-4-5-9-14(11)18)19-22-17(24)15-12-7-2-3-8-13(12)16(23)21-20-15/h2-9H,1H3,(H,21,23)(H,22,24)/b19-10+. The van der Waals surface area contributed by atoms with Crippen LogP contribution in [0.4, 0.5) is 0 Å². The molecule has 1 amide bonds. The third kappa shape index (κ3) is 3.04. The maximum atomic E-state index is 12.4. The van der Waals surface area contributed by atoms with Crippen LogP contribution in [0.1, 0.15) is 23.0 Å². The van der Waals surface area contributed by atoms with E-state index in [0.29, 0.717) is 21.5 Å². The molecule has 0 unspecified atom stereocenters. The first-order chi connectivity index (χ1) is 11.6. The molecule has 0 spiro atoms. The molecule has 0 aliphatic carbocycles. The Balaban J connectivity index is 1.91. The van der Waals surface area contributed by atoms with Gasteiger partial charge in [-0.1, -0.05) is 48.0 Å². The first-order valence-electron chi connectivity index (χ1n) is 7.15. The van der Waals surface area contributed by atoms with Gasteiger partial charge in [-0.25, -0.2) is 10.5 Å². The Hall–Kier alpha value is -2.99. The Morgan fingerprint density at radius 2 is 1.79 bits per heavy atom. The number of fused-ring (bicyclic) bond motifs is 1. The summed E-state index contributed by atoms with van der Waals surface area (Å²) in [6, 6.07) is 13.9. The minimum Gasteiger partial charge on any atom is -0.267 e. The number of hydrogen-bond acceptors (Lipinski definition) is 4. The van der Waals surface area contributed by atoms with Gasteiger partial charge in [-0.05, 0) is 19.1 Å². The van der Waals surface area contributed by atoms with Gasteiger partial charge in [-0.15, -0.1) is 0 Å². The molecule has 7 heteroatoms. The number of nitrogens with one attached hydrogen (secondary N) is 2. The summed E-state index contributed by atoms with van der Waals surface area (Å²) < 4.78 is 0. The monoisotopic (exact) mass is 340 g/mol. The van der Waals surface area contributed by atoms with Crippen LogP contribution in [0.5, 0.6) is 0 Å². The van der Waals surface area contributed by atoms with Gasteiger partial charge in [0.1, 0.15) is 0 Å². The lowest BCUT2D eigenvalue weighted by Gasteiger charge is -2.06. The number of aromatic amines is 1. The van der Waals surface area contributed by atoms with Crippen molar-refractivity contribution >= 4 is 34.0 Å². The van der Waals surface area contributed by atoms with Crippen molar-refractivity contribution in [2.24, 2.45) is 5.10 Å². The van der Waals surface area contributed by atoms with Gasteiger partial charge in [-0.3, -0.25) is 9.59 Å². The molecule has 3 aromatic rings. The summed E-state index contributed by atoms with van der Waals surface area (Å²) in [4.78, 5) is 24.1. The highest BCUT2D eigenvalue weighted by molar-refractivity contribution is 6.34. The van der Waals surface area contributed by atoms with E-state index in [4.69, 9.17) is 11.6 Å². The van der Waals surface area contributed by atoms with Gasteiger partial charge in [0.25, 0.3) is 11.5 Å². The van der Waals surface area contributed by atoms with E-state index in [1.165, 1.54) is 0 Å². The Bertz CT molecular complexity index is 1010. The first kappa shape index (κ1) is 15.9. The molecule has 1 aromatic heterocycles. The third-order valence-electron chi connectivity index (χ3n) is 3.50. The predicted molar refractivity (Wildman–Crippen MR) is 93.5 cm³/mol. The maximum Gasteiger partial charge on any atom is 0.292 e. The normalized spacial score (nSPS) is 11.5. The molecule has 3 rings (SSSR count). The fourth-order valence-electron chi connectivity index (χ4n) is 2.29. The minimum atomic E-state index is -0.520. The van der Waals surface area contributed by atoms with Gasteiger partial charge in [0, 0.05) is 16.0 Å². The number of carbonyl (C=O) groups excluding carboxylic acids is 1. The number of nitrogens with zero attached hydrogens (tertiary/aromatic N) is 2. The number of rotatable bonds is 3. The molecular weight excluding hydrogens is 328 g/mol. The third-order valence-corrected chi connectivity index (χ3v) is 3.83. The van der Waals surface area contributed by atoms with E-state index >= 15 is 0 Å². The highest BCUT2D eigenvalue weighted by atomic mass is 35.5.